The van der Waals surface area contributed by atoms with E-state index >= 15 is 0 Å². The number of aromatic nitrogens is 3. The van der Waals surface area contributed by atoms with Gasteiger partial charge in [0.15, 0.2) is 0 Å². The fourth-order valence-electron chi connectivity index (χ4n) is 2.48. The Bertz CT molecular complexity index is 789. The fraction of sp³-hybridized carbons (Fsp3) is 0.0667. The number of benzene rings is 2. The molecule has 21 heavy (non-hydrogen) atoms. The van der Waals surface area contributed by atoms with E-state index in [1.165, 1.54) is 0 Å². The molecule has 1 aromatic heterocycles. The van der Waals surface area contributed by atoms with Crippen LogP contribution in [0.15, 0.2) is 54.7 Å². The van der Waals surface area contributed by atoms with E-state index in [0.717, 1.165) is 28.0 Å². The minimum atomic E-state index is -0.850. The monoisotopic (exact) mass is 277 g/mol. The van der Waals surface area contributed by atoms with Gasteiger partial charge < -0.3 is 9.68 Å². The number of nitrogens with zero attached hydrogens (tertiary/aromatic N) is 3. The van der Waals surface area contributed by atoms with Crippen molar-refractivity contribution >= 4 is 12.6 Å². The highest BCUT2D eigenvalue weighted by atomic mass is 16.5. The molecule has 5 nitrogen and oxygen atoms in total. The van der Waals surface area contributed by atoms with Crippen LogP contribution in [0.3, 0.4) is 0 Å². The van der Waals surface area contributed by atoms with Crippen molar-refractivity contribution < 1.29 is 9.68 Å². The molecule has 1 aliphatic rings. The molecule has 1 N–H and O–H groups in total. The number of rotatable bonds is 2. The summed E-state index contributed by atoms with van der Waals surface area (Å²) in [4.78, 5) is 0. The van der Waals surface area contributed by atoms with Crippen molar-refractivity contribution in [1.29, 1.82) is 0 Å². The van der Waals surface area contributed by atoms with Crippen LogP contribution in [0.2, 0.25) is 0 Å². The normalized spacial score (nSPS) is 13.5. The van der Waals surface area contributed by atoms with Crippen LogP contribution < -0.4 is 5.46 Å². The Morgan fingerprint density at radius 2 is 2.00 bits per heavy atom. The van der Waals surface area contributed by atoms with Crippen molar-refractivity contribution in [3.63, 3.8) is 0 Å². The van der Waals surface area contributed by atoms with Crippen molar-refractivity contribution in [1.82, 2.24) is 15.0 Å². The van der Waals surface area contributed by atoms with Gasteiger partial charge in [-0.25, -0.2) is 4.68 Å². The van der Waals surface area contributed by atoms with Gasteiger partial charge in [-0.3, -0.25) is 0 Å². The summed E-state index contributed by atoms with van der Waals surface area (Å²) in [5, 5.41) is 18.1. The zero-order valence-electron chi connectivity index (χ0n) is 11.2. The zero-order chi connectivity index (χ0) is 14.2. The first kappa shape index (κ1) is 12.3. The molecule has 2 heterocycles. The van der Waals surface area contributed by atoms with E-state index in [2.05, 4.69) is 10.3 Å². The second kappa shape index (κ2) is 4.84. The largest absolute Gasteiger partial charge is 0.491 e. The highest BCUT2D eigenvalue weighted by molar-refractivity contribution is 6.61. The average molecular weight is 277 g/mol. The maximum absolute atomic E-state index is 9.77. The molecule has 4 rings (SSSR count). The molecule has 3 aromatic rings. The molecule has 2 aromatic carbocycles. The van der Waals surface area contributed by atoms with Gasteiger partial charge in [0.1, 0.15) is 5.69 Å². The fourth-order valence-corrected chi connectivity index (χ4v) is 2.48. The van der Waals surface area contributed by atoms with E-state index in [9.17, 15) is 5.02 Å². The second-order valence-corrected chi connectivity index (χ2v) is 4.96. The Labute approximate surface area is 122 Å². The molecule has 0 radical (unpaired) electrons. The SMILES string of the molecule is OB1OCc2ccc(-n3cc(-c4ccccc4)nn3)cc21. The van der Waals surface area contributed by atoms with Crippen LogP contribution in [0.25, 0.3) is 16.9 Å². The smallest absolute Gasteiger partial charge is 0.423 e. The lowest BCUT2D eigenvalue weighted by Crippen LogP contribution is -2.28. The summed E-state index contributed by atoms with van der Waals surface area (Å²) in [5.74, 6) is 0. The lowest BCUT2D eigenvalue weighted by atomic mass is 9.79. The van der Waals surface area contributed by atoms with Gasteiger partial charge in [0, 0.05) is 5.56 Å². The first-order valence-electron chi connectivity index (χ1n) is 6.72. The van der Waals surface area contributed by atoms with Crippen LogP contribution in [0.1, 0.15) is 5.56 Å². The van der Waals surface area contributed by atoms with Crippen LogP contribution >= 0.6 is 0 Å². The van der Waals surface area contributed by atoms with Crippen LogP contribution in [0.4, 0.5) is 0 Å². The van der Waals surface area contributed by atoms with Crippen molar-refractivity contribution in [2.75, 3.05) is 0 Å². The Kier molecular flexibility index (Phi) is 2.84. The quantitative estimate of drug-likeness (QED) is 0.714. The third-order valence-electron chi connectivity index (χ3n) is 3.62. The maximum Gasteiger partial charge on any atom is 0.491 e. The Balaban J connectivity index is 1.72. The zero-order valence-corrected chi connectivity index (χ0v) is 11.2. The molecular formula is C15H12BN3O2. The molecule has 6 heteroatoms. The summed E-state index contributed by atoms with van der Waals surface area (Å²) in [5.41, 5.74) is 4.49. The van der Waals surface area contributed by atoms with Crippen LogP contribution in [0.5, 0.6) is 0 Å². The molecule has 0 spiro atoms. The predicted molar refractivity (Wildman–Crippen MR) is 79.2 cm³/mol. The van der Waals surface area contributed by atoms with E-state index in [1.807, 2.05) is 54.7 Å². The molecule has 0 fully saturated rings. The standard InChI is InChI=1S/C15H12BN3O2/c20-16-14-8-13(7-6-12(14)10-21-16)19-9-15(17-18-19)11-4-2-1-3-5-11/h1-9,20H,10H2. The molecule has 0 bridgehead atoms. The molecular weight excluding hydrogens is 265 g/mol. The van der Waals surface area contributed by atoms with Crippen molar-refractivity contribution in [3.05, 3.63) is 60.3 Å². The molecule has 0 saturated carbocycles. The lowest BCUT2D eigenvalue weighted by molar-refractivity contribution is 0.275. The Morgan fingerprint density at radius 3 is 2.86 bits per heavy atom. The predicted octanol–water partition coefficient (Wildman–Crippen LogP) is 1.15. The van der Waals surface area contributed by atoms with Crippen molar-refractivity contribution in [3.8, 4) is 16.9 Å². The van der Waals surface area contributed by atoms with Gasteiger partial charge in [-0.1, -0.05) is 41.6 Å². The number of hydrogen-bond acceptors (Lipinski definition) is 4. The van der Waals surface area contributed by atoms with Crippen LogP contribution in [0, 0.1) is 0 Å². The lowest BCUT2D eigenvalue weighted by Gasteiger charge is -2.03. The number of fused-ring (bicyclic) bond motifs is 1. The summed E-state index contributed by atoms with van der Waals surface area (Å²) >= 11 is 0. The van der Waals surface area contributed by atoms with Crippen LogP contribution in [-0.4, -0.2) is 27.1 Å². The molecule has 0 saturated heterocycles. The van der Waals surface area contributed by atoms with E-state index in [4.69, 9.17) is 4.65 Å². The minimum absolute atomic E-state index is 0.448. The van der Waals surface area contributed by atoms with E-state index in [-0.39, 0.29) is 0 Å². The van der Waals surface area contributed by atoms with Gasteiger partial charge >= 0.3 is 7.12 Å². The summed E-state index contributed by atoms with van der Waals surface area (Å²) < 4.78 is 6.90. The van der Waals surface area contributed by atoms with Gasteiger partial charge in [-0.05, 0) is 23.2 Å². The molecule has 0 atom stereocenters. The topological polar surface area (TPSA) is 60.2 Å². The van der Waals surface area contributed by atoms with Gasteiger partial charge in [-0.15, -0.1) is 5.10 Å². The van der Waals surface area contributed by atoms with Crippen molar-refractivity contribution in [2.24, 2.45) is 0 Å². The van der Waals surface area contributed by atoms with E-state index in [0.29, 0.717) is 6.61 Å². The minimum Gasteiger partial charge on any atom is -0.423 e. The Hall–Kier alpha value is -2.44. The molecule has 0 amide bonds. The molecule has 1 aliphatic heterocycles. The van der Waals surface area contributed by atoms with Crippen LogP contribution in [-0.2, 0) is 11.3 Å². The van der Waals surface area contributed by atoms with Gasteiger partial charge in [0.25, 0.3) is 0 Å². The first-order valence-corrected chi connectivity index (χ1v) is 6.72. The molecule has 102 valence electrons. The second-order valence-electron chi connectivity index (χ2n) is 4.96. The first-order chi connectivity index (χ1) is 10.3. The third kappa shape index (κ3) is 2.14. The molecule has 0 unspecified atom stereocenters. The number of hydrogen-bond donors (Lipinski definition) is 1. The maximum atomic E-state index is 9.77. The summed E-state index contributed by atoms with van der Waals surface area (Å²) in [6.07, 6.45) is 1.87. The Morgan fingerprint density at radius 1 is 1.14 bits per heavy atom. The van der Waals surface area contributed by atoms with E-state index < -0.39 is 7.12 Å². The van der Waals surface area contributed by atoms with Crippen molar-refractivity contribution in [2.45, 2.75) is 6.61 Å². The summed E-state index contributed by atoms with van der Waals surface area (Å²) in [6, 6.07) is 15.7. The average Bonchev–Trinajstić information content (AvgIpc) is 3.16. The van der Waals surface area contributed by atoms with Gasteiger partial charge in [0.2, 0.25) is 0 Å². The third-order valence-corrected chi connectivity index (χ3v) is 3.62. The summed E-state index contributed by atoms with van der Waals surface area (Å²) in [7, 11) is -0.850. The molecule has 0 aliphatic carbocycles. The highest BCUT2D eigenvalue weighted by Crippen LogP contribution is 2.18. The van der Waals surface area contributed by atoms with Gasteiger partial charge in [0.05, 0.1) is 18.5 Å². The summed E-state index contributed by atoms with van der Waals surface area (Å²) in [6.45, 7) is 0.448. The van der Waals surface area contributed by atoms with E-state index in [1.54, 1.807) is 4.68 Å². The highest BCUT2D eigenvalue weighted by Gasteiger charge is 2.27. The van der Waals surface area contributed by atoms with Gasteiger partial charge in [-0.2, -0.15) is 0 Å².